The summed E-state index contributed by atoms with van der Waals surface area (Å²) in [5, 5.41) is 3.32. The lowest BCUT2D eigenvalue weighted by Gasteiger charge is -2.31. The van der Waals surface area contributed by atoms with E-state index in [0.717, 1.165) is 51.0 Å². The van der Waals surface area contributed by atoms with Gasteiger partial charge in [0.05, 0.1) is 0 Å². The lowest BCUT2D eigenvalue weighted by Crippen LogP contribution is -2.50. The average Bonchev–Trinajstić information content (AvgIpc) is 2.61. The van der Waals surface area contributed by atoms with Gasteiger partial charge in [0.2, 0.25) is 0 Å². The fourth-order valence-corrected chi connectivity index (χ4v) is 2.90. The highest BCUT2D eigenvalue weighted by Gasteiger charge is 2.48. The van der Waals surface area contributed by atoms with Gasteiger partial charge in [0.25, 0.3) is 5.91 Å². The summed E-state index contributed by atoms with van der Waals surface area (Å²) in [7, 11) is 0. The van der Waals surface area contributed by atoms with Crippen LogP contribution in [0, 0.1) is 0 Å². The Morgan fingerprint density at radius 1 is 1.39 bits per heavy atom. The predicted octanol–water partition coefficient (Wildman–Crippen LogP) is 1.95. The summed E-state index contributed by atoms with van der Waals surface area (Å²) < 4.78 is 0. The maximum atomic E-state index is 12.7. The minimum absolute atomic E-state index is 0.224. The van der Waals surface area contributed by atoms with Crippen molar-refractivity contribution < 1.29 is 4.79 Å². The molecule has 1 spiro atoms. The van der Waals surface area contributed by atoms with Crippen molar-refractivity contribution >= 4 is 11.7 Å². The lowest BCUT2D eigenvalue weighted by atomic mass is 9.88. The molecule has 2 aliphatic rings. The number of amidine groups is 1. The zero-order valence-electron chi connectivity index (χ0n) is 11.8. The van der Waals surface area contributed by atoms with E-state index in [2.05, 4.69) is 26.1 Å². The van der Waals surface area contributed by atoms with Crippen molar-refractivity contribution in [2.75, 3.05) is 13.1 Å². The Balaban J connectivity index is 2.22. The van der Waals surface area contributed by atoms with E-state index in [1.54, 1.807) is 0 Å². The van der Waals surface area contributed by atoms with Crippen molar-refractivity contribution in [1.82, 2.24) is 10.2 Å². The maximum Gasteiger partial charge on any atom is 0.256 e. The minimum atomic E-state index is -0.432. The van der Waals surface area contributed by atoms with Crippen LogP contribution >= 0.6 is 0 Å². The number of nitrogens with one attached hydrogen (secondary N) is 1. The maximum absolute atomic E-state index is 12.7. The van der Waals surface area contributed by atoms with E-state index in [0.29, 0.717) is 0 Å². The van der Waals surface area contributed by atoms with Gasteiger partial charge in [-0.3, -0.25) is 14.7 Å². The van der Waals surface area contributed by atoms with Gasteiger partial charge in [0.15, 0.2) is 0 Å². The summed E-state index contributed by atoms with van der Waals surface area (Å²) >= 11 is 0. The molecule has 1 N–H and O–H groups in total. The molecule has 0 saturated carbocycles. The number of carbonyl (C=O) groups is 1. The molecule has 0 atom stereocenters. The van der Waals surface area contributed by atoms with Gasteiger partial charge in [-0.1, -0.05) is 13.3 Å². The number of piperidine rings is 1. The summed E-state index contributed by atoms with van der Waals surface area (Å²) in [6, 6.07) is 0.224. The molecule has 0 aromatic rings. The molecule has 4 nitrogen and oxygen atoms in total. The van der Waals surface area contributed by atoms with Crippen LogP contribution in [0.2, 0.25) is 0 Å². The third kappa shape index (κ3) is 2.30. The van der Waals surface area contributed by atoms with Crippen LogP contribution in [0.3, 0.4) is 0 Å². The molecule has 18 heavy (non-hydrogen) atoms. The standard InChI is InChI=1S/C14H25N3O/c1-4-5-6-12-16-14(7-9-15-10-8-14)13(18)17(12)11(2)3/h11,15H,4-10H2,1-3H3. The fraction of sp³-hybridized carbons (Fsp3) is 0.857. The summed E-state index contributed by atoms with van der Waals surface area (Å²) in [5.74, 6) is 1.27. The van der Waals surface area contributed by atoms with Crippen molar-refractivity contribution in [1.29, 1.82) is 0 Å². The molecule has 1 saturated heterocycles. The summed E-state index contributed by atoms with van der Waals surface area (Å²) in [4.78, 5) is 19.5. The predicted molar refractivity (Wildman–Crippen MR) is 73.8 cm³/mol. The highest BCUT2D eigenvalue weighted by Crippen LogP contribution is 2.33. The number of carbonyl (C=O) groups excluding carboxylic acids is 1. The molecule has 0 radical (unpaired) electrons. The largest absolute Gasteiger partial charge is 0.317 e. The summed E-state index contributed by atoms with van der Waals surface area (Å²) in [5.41, 5.74) is -0.432. The first kappa shape index (κ1) is 13.5. The molecule has 102 valence electrons. The van der Waals surface area contributed by atoms with Crippen molar-refractivity contribution in [3.8, 4) is 0 Å². The number of amides is 1. The van der Waals surface area contributed by atoms with E-state index >= 15 is 0 Å². The second-order valence-electron chi connectivity index (χ2n) is 5.68. The normalized spacial score (nSPS) is 23.0. The molecule has 0 aromatic heterocycles. The van der Waals surface area contributed by atoms with Gasteiger partial charge in [-0.25, -0.2) is 0 Å². The van der Waals surface area contributed by atoms with Gasteiger partial charge in [0, 0.05) is 12.5 Å². The highest BCUT2D eigenvalue weighted by atomic mass is 16.2. The van der Waals surface area contributed by atoms with Crippen molar-refractivity contribution in [3.05, 3.63) is 0 Å². The van der Waals surface area contributed by atoms with Gasteiger partial charge in [-0.05, 0) is 46.2 Å². The van der Waals surface area contributed by atoms with Crippen LogP contribution in [0.25, 0.3) is 0 Å². The van der Waals surface area contributed by atoms with E-state index < -0.39 is 5.54 Å². The fourth-order valence-electron chi connectivity index (χ4n) is 2.90. The minimum Gasteiger partial charge on any atom is -0.317 e. The second-order valence-corrected chi connectivity index (χ2v) is 5.68. The Morgan fingerprint density at radius 2 is 2.06 bits per heavy atom. The van der Waals surface area contributed by atoms with E-state index in [1.807, 2.05) is 4.90 Å². The highest BCUT2D eigenvalue weighted by molar-refractivity contribution is 6.08. The lowest BCUT2D eigenvalue weighted by molar-refractivity contribution is -0.133. The van der Waals surface area contributed by atoms with Crippen molar-refractivity contribution in [3.63, 3.8) is 0 Å². The summed E-state index contributed by atoms with van der Waals surface area (Å²) in [6.45, 7) is 8.15. The molecule has 0 aliphatic carbocycles. The Hall–Kier alpha value is -0.900. The van der Waals surface area contributed by atoms with Crippen LogP contribution < -0.4 is 5.32 Å². The van der Waals surface area contributed by atoms with Gasteiger partial charge in [0.1, 0.15) is 11.4 Å². The number of aliphatic imine (C=N–C) groups is 1. The molecular formula is C14H25N3O. The number of rotatable bonds is 4. The topological polar surface area (TPSA) is 44.7 Å². The Kier molecular flexibility index (Phi) is 4.05. The van der Waals surface area contributed by atoms with E-state index in [1.165, 1.54) is 0 Å². The SMILES string of the molecule is CCCCC1=NC2(CCNCC2)C(=O)N1C(C)C. The Labute approximate surface area is 110 Å². The first-order valence-corrected chi connectivity index (χ1v) is 7.24. The average molecular weight is 251 g/mol. The molecule has 1 amide bonds. The first-order chi connectivity index (χ1) is 8.60. The third-order valence-corrected chi connectivity index (χ3v) is 3.94. The zero-order chi connectivity index (χ0) is 13.2. The Morgan fingerprint density at radius 3 is 2.61 bits per heavy atom. The molecule has 4 heteroatoms. The first-order valence-electron chi connectivity index (χ1n) is 7.24. The quantitative estimate of drug-likeness (QED) is 0.830. The smallest absolute Gasteiger partial charge is 0.256 e. The van der Waals surface area contributed by atoms with Crippen LogP contribution in [0.4, 0.5) is 0 Å². The molecule has 2 heterocycles. The second kappa shape index (κ2) is 5.39. The van der Waals surface area contributed by atoms with Crippen LogP contribution in [-0.4, -0.2) is 41.3 Å². The van der Waals surface area contributed by atoms with Crippen molar-refractivity contribution in [2.45, 2.75) is 64.5 Å². The van der Waals surface area contributed by atoms with Gasteiger partial charge >= 0.3 is 0 Å². The molecule has 1 fully saturated rings. The monoisotopic (exact) mass is 251 g/mol. The van der Waals surface area contributed by atoms with E-state index in [4.69, 9.17) is 4.99 Å². The Bertz CT molecular complexity index is 343. The molecule has 0 bridgehead atoms. The van der Waals surface area contributed by atoms with Gasteiger partial charge in [-0.2, -0.15) is 0 Å². The number of hydrogen-bond donors (Lipinski definition) is 1. The zero-order valence-corrected chi connectivity index (χ0v) is 11.8. The molecular weight excluding hydrogens is 226 g/mol. The van der Waals surface area contributed by atoms with Crippen LogP contribution in [-0.2, 0) is 4.79 Å². The third-order valence-electron chi connectivity index (χ3n) is 3.94. The molecule has 2 aliphatic heterocycles. The van der Waals surface area contributed by atoms with Crippen molar-refractivity contribution in [2.24, 2.45) is 4.99 Å². The van der Waals surface area contributed by atoms with E-state index in [9.17, 15) is 4.79 Å². The van der Waals surface area contributed by atoms with Crippen LogP contribution in [0.15, 0.2) is 4.99 Å². The molecule has 0 aromatic carbocycles. The van der Waals surface area contributed by atoms with Crippen LogP contribution in [0.1, 0.15) is 52.9 Å². The molecule has 0 unspecified atom stereocenters. The number of unbranched alkanes of at least 4 members (excludes halogenated alkanes) is 1. The van der Waals surface area contributed by atoms with Gasteiger partial charge < -0.3 is 5.32 Å². The molecule has 2 rings (SSSR count). The number of hydrogen-bond acceptors (Lipinski definition) is 3. The van der Waals surface area contributed by atoms with Gasteiger partial charge in [-0.15, -0.1) is 0 Å². The van der Waals surface area contributed by atoms with Crippen LogP contribution in [0.5, 0.6) is 0 Å². The van der Waals surface area contributed by atoms with E-state index in [-0.39, 0.29) is 11.9 Å². The summed E-state index contributed by atoms with van der Waals surface area (Å²) in [6.07, 6.45) is 4.91. The number of nitrogens with zero attached hydrogens (tertiary/aromatic N) is 2.